The molecule has 23 heavy (non-hydrogen) atoms. The monoisotopic (exact) mass is 312 g/mol. The lowest BCUT2D eigenvalue weighted by Crippen LogP contribution is -2.25. The van der Waals surface area contributed by atoms with E-state index in [0.29, 0.717) is 11.3 Å². The Hall–Kier alpha value is -1.59. The lowest BCUT2D eigenvalue weighted by Gasteiger charge is -2.35. The van der Waals surface area contributed by atoms with E-state index in [-0.39, 0.29) is 5.41 Å². The summed E-state index contributed by atoms with van der Waals surface area (Å²) in [7, 11) is 0. The maximum atomic E-state index is 10.5. The summed E-state index contributed by atoms with van der Waals surface area (Å²) in [5, 5.41) is 0. The molecule has 0 radical (unpaired) electrons. The number of hydrogen-bond acceptors (Lipinski definition) is 1. The number of allylic oxidation sites excluding steroid dienone is 3. The fourth-order valence-corrected chi connectivity index (χ4v) is 2.80. The van der Waals surface area contributed by atoms with Gasteiger partial charge < -0.3 is 0 Å². The van der Waals surface area contributed by atoms with Gasteiger partial charge in [-0.1, -0.05) is 77.1 Å². The number of benzene rings is 1. The van der Waals surface area contributed by atoms with E-state index in [4.69, 9.17) is 0 Å². The fraction of sp³-hybridized carbons (Fsp3) is 0.545. The lowest BCUT2D eigenvalue weighted by molar-refractivity contribution is 0.198. The smallest absolute Gasteiger partial charge is 0.120 e. The molecule has 1 aromatic rings. The second-order valence-corrected chi connectivity index (χ2v) is 7.64. The molecule has 1 aromatic carbocycles. The van der Waals surface area contributed by atoms with Crippen molar-refractivity contribution < 1.29 is 4.79 Å². The summed E-state index contributed by atoms with van der Waals surface area (Å²) in [6.07, 6.45) is 10.5. The van der Waals surface area contributed by atoms with Gasteiger partial charge in [0.25, 0.3) is 0 Å². The van der Waals surface area contributed by atoms with Crippen LogP contribution >= 0.6 is 0 Å². The van der Waals surface area contributed by atoms with Crippen LogP contribution in [0.15, 0.2) is 48.6 Å². The highest BCUT2D eigenvalue weighted by Gasteiger charge is 2.29. The van der Waals surface area contributed by atoms with E-state index in [9.17, 15) is 4.79 Å². The van der Waals surface area contributed by atoms with Crippen LogP contribution in [0.2, 0.25) is 0 Å². The van der Waals surface area contributed by atoms with E-state index >= 15 is 0 Å². The van der Waals surface area contributed by atoms with Gasteiger partial charge in [0.2, 0.25) is 0 Å². The normalized spacial score (nSPS) is 27.4. The van der Waals surface area contributed by atoms with Crippen LogP contribution in [0.5, 0.6) is 0 Å². The van der Waals surface area contributed by atoms with Crippen molar-refractivity contribution in [1.82, 2.24) is 0 Å². The van der Waals surface area contributed by atoms with Gasteiger partial charge in [0, 0.05) is 11.5 Å². The highest BCUT2D eigenvalue weighted by Crippen LogP contribution is 2.40. The van der Waals surface area contributed by atoms with E-state index in [1.54, 1.807) is 6.08 Å². The van der Waals surface area contributed by atoms with E-state index in [0.717, 1.165) is 19.3 Å². The first-order chi connectivity index (χ1) is 10.8. The Morgan fingerprint density at radius 2 is 1.87 bits per heavy atom. The van der Waals surface area contributed by atoms with E-state index in [2.05, 4.69) is 71.0 Å². The zero-order chi connectivity index (χ0) is 17.3. The van der Waals surface area contributed by atoms with Gasteiger partial charge >= 0.3 is 0 Å². The van der Waals surface area contributed by atoms with Crippen molar-refractivity contribution in [1.29, 1.82) is 0 Å². The van der Waals surface area contributed by atoms with Gasteiger partial charge in [-0.15, -0.1) is 0 Å². The van der Waals surface area contributed by atoms with E-state index in [1.165, 1.54) is 12.0 Å². The van der Waals surface area contributed by atoms with Gasteiger partial charge in [-0.05, 0) is 42.6 Å². The second-order valence-electron chi connectivity index (χ2n) is 7.64. The predicted molar refractivity (Wildman–Crippen MR) is 100 cm³/mol. The summed E-state index contributed by atoms with van der Waals surface area (Å²) in [5.74, 6) is 2.63. The minimum absolute atomic E-state index is 0.0769. The summed E-state index contributed by atoms with van der Waals surface area (Å²) in [6, 6.07) is 10.5. The first-order valence-corrected chi connectivity index (χ1v) is 8.76. The summed E-state index contributed by atoms with van der Waals surface area (Å²) in [5.41, 5.74) is 1.71. The largest absolute Gasteiger partial charge is 0.234 e. The number of carbonyl (C=O) groups excluding carboxylic acids is 1. The van der Waals surface area contributed by atoms with Crippen molar-refractivity contribution in [3.8, 4) is 0 Å². The number of aryl methyl sites for hydroxylation is 1. The maximum absolute atomic E-state index is 10.5. The Balaban J connectivity index is 0.000000277. The molecule has 0 spiro atoms. The van der Waals surface area contributed by atoms with Crippen LogP contribution in [-0.2, 0) is 11.2 Å². The Kier molecular flexibility index (Phi) is 7.52. The third-order valence-corrected chi connectivity index (χ3v) is 5.23. The second kappa shape index (κ2) is 8.89. The van der Waals surface area contributed by atoms with Crippen LogP contribution in [0.25, 0.3) is 0 Å². The fourth-order valence-electron chi connectivity index (χ4n) is 2.80. The Morgan fingerprint density at radius 1 is 1.22 bits per heavy atom. The molecule has 0 fully saturated rings. The quantitative estimate of drug-likeness (QED) is 0.481. The molecular weight excluding hydrogens is 280 g/mol. The zero-order valence-electron chi connectivity index (χ0n) is 15.4. The molecule has 0 aromatic heterocycles. The maximum Gasteiger partial charge on any atom is 0.120 e. The molecule has 2 unspecified atom stereocenters. The molecule has 2 rings (SSSR count). The molecule has 0 N–H and O–H groups in total. The van der Waals surface area contributed by atoms with Gasteiger partial charge in [0.15, 0.2) is 0 Å². The van der Waals surface area contributed by atoms with Gasteiger partial charge in [-0.2, -0.15) is 0 Å². The first kappa shape index (κ1) is 19.5. The van der Waals surface area contributed by atoms with Crippen molar-refractivity contribution in [2.24, 2.45) is 16.7 Å². The molecule has 1 aliphatic rings. The first-order valence-electron chi connectivity index (χ1n) is 8.76. The van der Waals surface area contributed by atoms with Crippen molar-refractivity contribution in [3.05, 3.63) is 54.1 Å². The Labute approximate surface area is 142 Å². The minimum Gasteiger partial charge on any atom is -0.234 e. The molecule has 1 heteroatoms. The molecule has 0 bridgehead atoms. The van der Waals surface area contributed by atoms with Crippen LogP contribution in [-0.4, -0.2) is 5.94 Å². The summed E-state index contributed by atoms with van der Waals surface area (Å²) >= 11 is 0. The molecule has 2 atom stereocenters. The topological polar surface area (TPSA) is 17.1 Å². The highest BCUT2D eigenvalue weighted by molar-refractivity contribution is 5.48. The molecule has 0 saturated carbocycles. The van der Waals surface area contributed by atoms with Crippen LogP contribution < -0.4 is 0 Å². The molecule has 1 aliphatic carbocycles. The van der Waals surface area contributed by atoms with Crippen molar-refractivity contribution in [2.75, 3.05) is 0 Å². The molecular formula is C22H32O. The van der Waals surface area contributed by atoms with Crippen LogP contribution in [0, 0.1) is 16.7 Å². The van der Waals surface area contributed by atoms with Crippen LogP contribution in [0.4, 0.5) is 0 Å². The lowest BCUT2D eigenvalue weighted by atomic mass is 9.69. The van der Waals surface area contributed by atoms with Gasteiger partial charge in [0.05, 0.1) is 0 Å². The Bertz CT molecular complexity index is 534. The minimum atomic E-state index is -0.0769. The summed E-state index contributed by atoms with van der Waals surface area (Å²) < 4.78 is 0. The molecule has 0 heterocycles. The zero-order valence-corrected chi connectivity index (χ0v) is 15.4. The third-order valence-electron chi connectivity index (χ3n) is 5.23. The Morgan fingerprint density at radius 3 is 2.39 bits per heavy atom. The van der Waals surface area contributed by atoms with Crippen molar-refractivity contribution >= 4 is 5.94 Å². The van der Waals surface area contributed by atoms with Crippen LogP contribution in [0.1, 0.15) is 59.4 Å². The average Bonchev–Trinajstić information content (AvgIpc) is 2.53. The van der Waals surface area contributed by atoms with E-state index in [1.807, 2.05) is 12.0 Å². The van der Waals surface area contributed by atoms with E-state index < -0.39 is 0 Å². The van der Waals surface area contributed by atoms with Crippen molar-refractivity contribution in [2.45, 2.75) is 60.3 Å². The predicted octanol–water partition coefficient (Wildman–Crippen LogP) is 6.03. The summed E-state index contributed by atoms with van der Waals surface area (Å²) in [6.45, 7) is 11.2. The SMILES string of the molecule is CC1CCC(C)(C=C=O)/C=C\CC1(C)C.CCc1ccccc1. The molecule has 0 amide bonds. The number of rotatable bonds is 2. The van der Waals surface area contributed by atoms with Crippen LogP contribution in [0.3, 0.4) is 0 Å². The summed E-state index contributed by atoms with van der Waals surface area (Å²) in [4.78, 5) is 10.5. The number of hydrogen-bond donors (Lipinski definition) is 0. The average molecular weight is 312 g/mol. The molecule has 126 valence electrons. The third kappa shape index (κ3) is 6.59. The van der Waals surface area contributed by atoms with Gasteiger partial charge in [-0.25, -0.2) is 4.79 Å². The standard InChI is InChI=1S/C14H22O.C8H10/c1-12-6-9-14(4,10-11-15)8-5-7-13(12,2)3;1-2-8-6-4-3-5-7-8/h5,8,10,12H,6-7,9H2,1-4H3;3-7H,2H2,1H3/b8-5-;. The van der Waals surface area contributed by atoms with Crippen molar-refractivity contribution in [3.63, 3.8) is 0 Å². The molecule has 0 saturated heterocycles. The highest BCUT2D eigenvalue weighted by atomic mass is 16.1. The molecule has 1 nitrogen and oxygen atoms in total. The molecule has 0 aliphatic heterocycles. The van der Waals surface area contributed by atoms with Gasteiger partial charge in [0.1, 0.15) is 5.94 Å². The van der Waals surface area contributed by atoms with Gasteiger partial charge in [-0.3, -0.25) is 0 Å².